The van der Waals surface area contributed by atoms with Crippen molar-refractivity contribution in [2.45, 2.75) is 50.0 Å². The van der Waals surface area contributed by atoms with Gasteiger partial charge < -0.3 is 10.1 Å². The van der Waals surface area contributed by atoms with Crippen molar-refractivity contribution in [1.29, 1.82) is 0 Å². The molecule has 2 aliphatic rings. The lowest BCUT2D eigenvalue weighted by Gasteiger charge is -2.38. The highest BCUT2D eigenvalue weighted by Crippen LogP contribution is 2.39. The molecular formula is C18H24F2NO2+. The lowest BCUT2D eigenvalue weighted by Crippen LogP contribution is -2.87. The molecule has 23 heavy (non-hydrogen) atoms. The fourth-order valence-corrected chi connectivity index (χ4v) is 3.68. The first-order valence-electron chi connectivity index (χ1n) is 8.49. The number of benzene rings is 1. The van der Waals surface area contributed by atoms with Crippen LogP contribution in [0.25, 0.3) is 0 Å². The largest absolute Gasteiger partial charge is 0.453 e. The number of hydrogen-bond donors (Lipinski definition) is 1. The molecule has 0 spiro atoms. The molecule has 1 aromatic rings. The number of carbonyl (C=O) groups is 1. The molecule has 1 heterocycles. The Bertz CT molecular complexity index is 531. The zero-order valence-electron chi connectivity index (χ0n) is 13.3. The molecule has 0 bridgehead atoms. The second-order valence-electron chi connectivity index (χ2n) is 6.78. The smallest absolute Gasteiger partial charge is 0.309 e. The van der Waals surface area contributed by atoms with E-state index in [1.807, 2.05) is 30.3 Å². The second kappa shape index (κ2) is 6.56. The van der Waals surface area contributed by atoms with E-state index in [0.717, 1.165) is 31.5 Å². The molecule has 0 radical (unpaired) electrons. The Morgan fingerprint density at radius 1 is 1.04 bits per heavy atom. The predicted octanol–water partition coefficient (Wildman–Crippen LogP) is 2.61. The number of esters is 1. The molecular weight excluding hydrogens is 300 g/mol. The van der Waals surface area contributed by atoms with E-state index in [2.05, 4.69) is 5.32 Å². The molecule has 126 valence electrons. The molecule has 1 aromatic carbocycles. The first kappa shape index (κ1) is 16.4. The van der Waals surface area contributed by atoms with E-state index in [1.165, 1.54) is 0 Å². The van der Waals surface area contributed by atoms with Gasteiger partial charge in [0, 0.05) is 25.7 Å². The van der Waals surface area contributed by atoms with E-state index in [9.17, 15) is 13.6 Å². The summed E-state index contributed by atoms with van der Waals surface area (Å²) >= 11 is 0. The average Bonchev–Trinajstić information content (AvgIpc) is 2.56. The number of hydrogen-bond acceptors (Lipinski definition) is 2. The van der Waals surface area contributed by atoms with E-state index in [4.69, 9.17) is 4.74 Å². The van der Waals surface area contributed by atoms with Crippen LogP contribution in [0.5, 0.6) is 0 Å². The Balaban J connectivity index is 1.73. The molecule has 3 nitrogen and oxygen atoms in total. The monoisotopic (exact) mass is 324 g/mol. The first-order valence-corrected chi connectivity index (χ1v) is 8.49. The lowest BCUT2D eigenvalue weighted by molar-refractivity contribution is -0.668. The molecule has 2 fully saturated rings. The topological polar surface area (TPSA) is 42.9 Å². The molecule has 1 saturated heterocycles. The van der Waals surface area contributed by atoms with E-state index in [-0.39, 0.29) is 37.6 Å². The third kappa shape index (κ3) is 3.71. The molecule has 1 aliphatic carbocycles. The maximum Gasteiger partial charge on any atom is 0.309 e. The van der Waals surface area contributed by atoms with Crippen molar-refractivity contribution in [2.24, 2.45) is 5.92 Å². The van der Waals surface area contributed by atoms with Gasteiger partial charge >= 0.3 is 5.97 Å². The molecule has 0 unspecified atom stereocenters. The minimum Gasteiger partial charge on any atom is -0.453 e. The van der Waals surface area contributed by atoms with Crippen molar-refractivity contribution in [3.05, 3.63) is 35.9 Å². The number of piperidine rings is 1. The highest BCUT2D eigenvalue weighted by atomic mass is 19.3. The highest BCUT2D eigenvalue weighted by Gasteiger charge is 2.43. The third-order valence-corrected chi connectivity index (χ3v) is 5.15. The normalized spacial score (nSPS) is 24.1. The highest BCUT2D eigenvalue weighted by molar-refractivity contribution is 5.73. The number of nitrogens with two attached hydrogens (primary N) is 1. The summed E-state index contributed by atoms with van der Waals surface area (Å²) < 4.78 is 32.5. The van der Waals surface area contributed by atoms with E-state index >= 15 is 0 Å². The summed E-state index contributed by atoms with van der Waals surface area (Å²) in [6.45, 7) is 1.82. The van der Waals surface area contributed by atoms with Gasteiger partial charge in [-0.3, -0.25) is 4.79 Å². The summed E-state index contributed by atoms with van der Waals surface area (Å²) in [7, 11) is 0. The van der Waals surface area contributed by atoms with Gasteiger partial charge in [0.05, 0.1) is 19.0 Å². The summed E-state index contributed by atoms with van der Waals surface area (Å²) in [5, 5.41) is 2.22. The first-order chi connectivity index (χ1) is 11.0. The number of alkyl halides is 2. The summed E-state index contributed by atoms with van der Waals surface area (Å²) in [5.74, 6) is -3.30. The SMILES string of the molecule is O=C(OC1(c2ccccc2)CC[NH2+]CC1)C1CCC(F)(F)CC1. The Hall–Kier alpha value is -1.49. The quantitative estimate of drug-likeness (QED) is 0.869. The van der Waals surface area contributed by atoms with E-state index in [1.54, 1.807) is 0 Å². The molecule has 0 atom stereocenters. The third-order valence-electron chi connectivity index (χ3n) is 5.15. The van der Waals surface area contributed by atoms with Gasteiger partial charge in [0.1, 0.15) is 5.60 Å². The van der Waals surface area contributed by atoms with Gasteiger partial charge in [0.15, 0.2) is 0 Å². The van der Waals surface area contributed by atoms with Gasteiger partial charge in [-0.2, -0.15) is 0 Å². The van der Waals surface area contributed by atoms with E-state index < -0.39 is 11.5 Å². The van der Waals surface area contributed by atoms with E-state index in [0.29, 0.717) is 0 Å². The van der Waals surface area contributed by atoms with Crippen LogP contribution in [0.3, 0.4) is 0 Å². The van der Waals surface area contributed by atoms with Crippen LogP contribution < -0.4 is 5.32 Å². The van der Waals surface area contributed by atoms with Gasteiger partial charge in [-0.1, -0.05) is 30.3 Å². The van der Waals surface area contributed by atoms with Crippen LogP contribution in [0.1, 0.15) is 44.1 Å². The Labute approximate surface area is 135 Å². The predicted molar refractivity (Wildman–Crippen MR) is 82.0 cm³/mol. The molecule has 2 N–H and O–H groups in total. The Morgan fingerprint density at radius 2 is 1.65 bits per heavy atom. The fourth-order valence-electron chi connectivity index (χ4n) is 3.68. The molecule has 1 aliphatic heterocycles. The lowest BCUT2D eigenvalue weighted by atomic mass is 9.83. The van der Waals surface area contributed by atoms with Crippen LogP contribution in [0.15, 0.2) is 30.3 Å². The minimum atomic E-state index is -2.62. The fraction of sp³-hybridized carbons (Fsp3) is 0.611. The zero-order chi connectivity index (χ0) is 16.3. The standard InChI is InChI=1S/C18H23F2NO2/c19-18(20)8-6-14(7-9-18)16(22)23-17(10-12-21-13-11-17)15-4-2-1-3-5-15/h1-5,14,21H,6-13H2/p+1. The molecule has 0 aromatic heterocycles. The summed E-state index contributed by atoms with van der Waals surface area (Å²) in [5.41, 5.74) is 0.426. The second-order valence-corrected chi connectivity index (χ2v) is 6.78. The summed E-state index contributed by atoms with van der Waals surface area (Å²) in [6, 6.07) is 9.83. The number of ether oxygens (including phenoxy) is 1. The molecule has 0 amide bonds. The van der Waals surface area contributed by atoms with Crippen LogP contribution in [0.4, 0.5) is 8.78 Å². The summed E-state index contributed by atoms with van der Waals surface area (Å²) in [4.78, 5) is 12.6. The Kier molecular flexibility index (Phi) is 4.67. The van der Waals surface area contributed by atoms with Crippen molar-refractivity contribution in [3.63, 3.8) is 0 Å². The molecule has 5 heteroatoms. The van der Waals surface area contributed by atoms with Crippen molar-refractivity contribution in [2.75, 3.05) is 13.1 Å². The number of halogens is 2. The van der Waals surface area contributed by atoms with Crippen molar-refractivity contribution < 1.29 is 23.6 Å². The zero-order valence-corrected chi connectivity index (χ0v) is 13.3. The van der Waals surface area contributed by atoms with Crippen LogP contribution in [0.2, 0.25) is 0 Å². The van der Waals surface area contributed by atoms with Gasteiger partial charge in [0.25, 0.3) is 0 Å². The van der Waals surface area contributed by atoms with Crippen LogP contribution in [0, 0.1) is 5.92 Å². The molecule has 1 saturated carbocycles. The summed E-state index contributed by atoms with van der Waals surface area (Å²) in [6.07, 6.45) is 1.57. The van der Waals surface area contributed by atoms with Crippen LogP contribution in [-0.2, 0) is 15.1 Å². The van der Waals surface area contributed by atoms with Crippen LogP contribution in [-0.4, -0.2) is 25.0 Å². The van der Waals surface area contributed by atoms with Gasteiger partial charge in [-0.05, 0) is 18.4 Å². The van der Waals surface area contributed by atoms with Crippen LogP contribution >= 0.6 is 0 Å². The van der Waals surface area contributed by atoms with Crippen molar-refractivity contribution in [3.8, 4) is 0 Å². The molecule has 3 rings (SSSR count). The van der Waals surface area contributed by atoms with Crippen molar-refractivity contribution >= 4 is 5.97 Å². The van der Waals surface area contributed by atoms with Gasteiger partial charge in [0.2, 0.25) is 5.92 Å². The number of quaternary nitrogens is 1. The van der Waals surface area contributed by atoms with Gasteiger partial charge in [-0.25, -0.2) is 8.78 Å². The minimum absolute atomic E-state index is 0.209. The maximum absolute atomic E-state index is 13.3. The number of rotatable bonds is 3. The maximum atomic E-state index is 13.3. The number of carbonyl (C=O) groups excluding carboxylic acids is 1. The van der Waals surface area contributed by atoms with Gasteiger partial charge in [-0.15, -0.1) is 0 Å². The van der Waals surface area contributed by atoms with Crippen molar-refractivity contribution in [1.82, 2.24) is 0 Å². The average molecular weight is 324 g/mol. The Morgan fingerprint density at radius 3 is 2.26 bits per heavy atom.